The lowest BCUT2D eigenvalue weighted by Crippen LogP contribution is -2.44. The molecule has 0 saturated heterocycles. The maximum absolute atomic E-state index is 12.9. The first-order valence-electron chi connectivity index (χ1n) is 10.3. The summed E-state index contributed by atoms with van der Waals surface area (Å²) in [5, 5.41) is 11.0. The topological polar surface area (TPSA) is 89.8 Å². The number of unbranched alkanes of at least 4 members (excludes halogenated alkanes) is 3. The van der Waals surface area contributed by atoms with Gasteiger partial charge in [0, 0.05) is 18.7 Å². The van der Waals surface area contributed by atoms with E-state index >= 15 is 0 Å². The summed E-state index contributed by atoms with van der Waals surface area (Å²) in [6.07, 6.45) is 10.2. The molecule has 1 amide bonds. The second-order valence-electron chi connectivity index (χ2n) is 7.44. The zero-order valence-corrected chi connectivity index (χ0v) is 17.7. The van der Waals surface area contributed by atoms with Gasteiger partial charge in [0.2, 0.25) is 0 Å². The lowest BCUT2D eigenvalue weighted by atomic mass is 9.94. The monoisotopic (exact) mass is 424 g/mol. The van der Waals surface area contributed by atoms with Gasteiger partial charge in [-0.2, -0.15) is 0 Å². The zero-order chi connectivity index (χ0) is 21.2. The van der Waals surface area contributed by atoms with Crippen molar-refractivity contribution in [3.8, 4) is 5.75 Å². The lowest BCUT2D eigenvalue weighted by Gasteiger charge is -2.34. The number of ether oxygens (including phenoxy) is 1. The van der Waals surface area contributed by atoms with Crippen molar-refractivity contribution < 1.29 is 19.2 Å². The van der Waals surface area contributed by atoms with E-state index in [9.17, 15) is 19.7 Å². The van der Waals surface area contributed by atoms with Crippen LogP contribution >= 0.6 is 11.6 Å². The van der Waals surface area contributed by atoms with E-state index in [0.717, 1.165) is 57.4 Å². The highest BCUT2D eigenvalue weighted by Crippen LogP contribution is 2.32. The summed E-state index contributed by atoms with van der Waals surface area (Å²) in [7, 11) is 0. The first kappa shape index (κ1) is 23.1. The molecule has 1 fully saturated rings. The van der Waals surface area contributed by atoms with Crippen LogP contribution in [0.5, 0.6) is 5.75 Å². The minimum atomic E-state index is -0.675. The van der Waals surface area contributed by atoms with Gasteiger partial charge in [0.25, 0.3) is 11.6 Å². The van der Waals surface area contributed by atoms with Crippen molar-refractivity contribution in [1.29, 1.82) is 0 Å². The first-order chi connectivity index (χ1) is 14.0. The van der Waals surface area contributed by atoms with Crippen LogP contribution in [0.3, 0.4) is 0 Å². The van der Waals surface area contributed by atoms with Gasteiger partial charge < -0.3 is 9.64 Å². The molecule has 0 N–H and O–H groups in total. The van der Waals surface area contributed by atoms with Crippen molar-refractivity contribution in [2.75, 3.05) is 13.2 Å². The summed E-state index contributed by atoms with van der Waals surface area (Å²) in [5.74, 6) is -0.0160. The average Bonchev–Trinajstić information content (AvgIpc) is 2.73. The molecule has 0 aliphatic heterocycles. The van der Waals surface area contributed by atoms with Crippen LogP contribution in [0.25, 0.3) is 0 Å². The van der Waals surface area contributed by atoms with E-state index in [-0.39, 0.29) is 40.6 Å². The molecule has 1 aliphatic rings. The fourth-order valence-corrected chi connectivity index (χ4v) is 3.97. The number of nitro groups is 1. The molecule has 0 spiro atoms. The Balaban J connectivity index is 2.06. The fraction of sp³-hybridized carbons (Fsp3) is 0.619. The molecule has 0 heterocycles. The number of hydrogen-bond acceptors (Lipinski definition) is 5. The maximum Gasteiger partial charge on any atom is 0.281 e. The molecule has 1 aliphatic carbocycles. The quantitative estimate of drug-likeness (QED) is 0.211. The van der Waals surface area contributed by atoms with Gasteiger partial charge >= 0.3 is 0 Å². The Bertz CT molecular complexity index is 719. The third kappa shape index (κ3) is 6.70. The molecule has 0 radical (unpaired) electrons. The van der Waals surface area contributed by atoms with E-state index in [1.165, 1.54) is 12.5 Å². The minimum absolute atomic E-state index is 0.00209. The van der Waals surface area contributed by atoms with Crippen molar-refractivity contribution in [2.45, 2.75) is 70.8 Å². The molecule has 0 aromatic heterocycles. The first-order valence-corrected chi connectivity index (χ1v) is 10.7. The molecule has 1 saturated carbocycles. The van der Waals surface area contributed by atoms with Gasteiger partial charge in [0.05, 0.1) is 15.5 Å². The minimum Gasteiger partial charge on any atom is -0.482 e. The number of benzene rings is 1. The molecular weight excluding hydrogens is 396 g/mol. The fourth-order valence-electron chi connectivity index (χ4n) is 3.76. The number of carbonyl (C=O) groups excluding carboxylic acids is 2. The number of nitro benzene ring substituents is 1. The molecular formula is C21H29ClN2O5. The van der Waals surface area contributed by atoms with Crippen LogP contribution in [0.4, 0.5) is 5.69 Å². The Morgan fingerprint density at radius 2 is 2.00 bits per heavy atom. The standard InChI is InChI=1S/C21H29ClN2O5/c1-2-3-4-8-11-23(17-9-6-5-7-10-17)21(26)15-29-20-12-16(14-25)19(24(27)28)13-18(20)22/h12-14,17H,2-11,15H2,1H3. The van der Waals surface area contributed by atoms with Gasteiger partial charge in [-0.15, -0.1) is 0 Å². The molecule has 1 aromatic rings. The Kier molecular flexibility index (Phi) is 9.38. The zero-order valence-electron chi connectivity index (χ0n) is 16.9. The molecule has 0 atom stereocenters. The number of amides is 1. The van der Waals surface area contributed by atoms with Crippen LogP contribution in [0.15, 0.2) is 12.1 Å². The number of carbonyl (C=O) groups is 2. The van der Waals surface area contributed by atoms with Crippen molar-refractivity contribution in [2.24, 2.45) is 0 Å². The van der Waals surface area contributed by atoms with Gasteiger partial charge in [0.1, 0.15) is 5.75 Å². The molecule has 0 bridgehead atoms. The number of hydrogen-bond donors (Lipinski definition) is 0. The van der Waals surface area contributed by atoms with Crippen LogP contribution in [0, 0.1) is 10.1 Å². The largest absolute Gasteiger partial charge is 0.482 e. The van der Waals surface area contributed by atoms with E-state index in [1.807, 2.05) is 4.90 Å². The molecule has 1 aromatic carbocycles. The van der Waals surface area contributed by atoms with E-state index in [4.69, 9.17) is 16.3 Å². The third-order valence-electron chi connectivity index (χ3n) is 5.34. The Morgan fingerprint density at radius 1 is 1.28 bits per heavy atom. The number of halogens is 1. The van der Waals surface area contributed by atoms with E-state index < -0.39 is 4.92 Å². The summed E-state index contributed by atoms with van der Waals surface area (Å²) in [5.41, 5.74) is -0.519. The van der Waals surface area contributed by atoms with E-state index in [1.54, 1.807) is 0 Å². The average molecular weight is 425 g/mol. The van der Waals surface area contributed by atoms with Crippen LogP contribution in [-0.2, 0) is 4.79 Å². The number of aldehydes is 1. The van der Waals surface area contributed by atoms with Crippen LogP contribution < -0.4 is 4.74 Å². The number of nitrogens with zero attached hydrogens (tertiary/aromatic N) is 2. The van der Waals surface area contributed by atoms with E-state index in [2.05, 4.69) is 6.92 Å². The second kappa shape index (κ2) is 11.8. The lowest BCUT2D eigenvalue weighted by molar-refractivity contribution is -0.385. The molecule has 160 valence electrons. The van der Waals surface area contributed by atoms with Crippen molar-refractivity contribution in [1.82, 2.24) is 4.90 Å². The summed E-state index contributed by atoms with van der Waals surface area (Å²) in [6.45, 7) is 2.65. The van der Waals surface area contributed by atoms with Gasteiger partial charge in [0.15, 0.2) is 12.9 Å². The highest BCUT2D eigenvalue weighted by molar-refractivity contribution is 6.32. The summed E-state index contributed by atoms with van der Waals surface area (Å²) in [6, 6.07) is 2.53. The highest BCUT2D eigenvalue weighted by Gasteiger charge is 2.26. The highest BCUT2D eigenvalue weighted by atomic mass is 35.5. The number of rotatable bonds is 11. The summed E-state index contributed by atoms with van der Waals surface area (Å²) in [4.78, 5) is 36.3. The Hall–Kier alpha value is -2.15. The molecule has 0 unspecified atom stereocenters. The molecule has 7 nitrogen and oxygen atoms in total. The van der Waals surface area contributed by atoms with Crippen molar-refractivity contribution in [3.63, 3.8) is 0 Å². The summed E-state index contributed by atoms with van der Waals surface area (Å²) < 4.78 is 5.57. The van der Waals surface area contributed by atoms with Gasteiger partial charge in [-0.3, -0.25) is 19.7 Å². The normalized spacial score (nSPS) is 14.4. The van der Waals surface area contributed by atoms with Crippen molar-refractivity contribution in [3.05, 3.63) is 32.8 Å². The molecule has 29 heavy (non-hydrogen) atoms. The van der Waals surface area contributed by atoms with Crippen molar-refractivity contribution >= 4 is 29.5 Å². The predicted molar refractivity (Wildman–Crippen MR) is 112 cm³/mol. The van der Waals surface area contributed by atoms with Crippen LogP contribution in [0.2, 0.25) is 5.02 Å². The third-order valence-corrected chi connectivity index (χ3v) is 5.64. The smallest absolute Gasteiger partial charge is 0.281 e. The van der Waals surface area contributed by atoms with Gasteiger partial charge in [-0.1, -0.05) is 57.0 Å². The SMILES string of the molecule is CCCCCCN(C(=O)COc1cc(C=O)c([N+](=O)[O-])cc1Cl)C1CCCCC1. The molecule has 2 rings (SSSR count). The van der Waals surface area contributed by atoms with Gasteiger partial charge in [-0.25, -0.2) is 0 Å². The Morgan fingerprint density at radius 3 is 2.62 bits per heavy atom. The maximum atomic E-state index is 12.9. The second-order valence-corrected chi connectivity index (χ2v) is 7.85. The summed E-state index contributed by atoms with van der Waals surface area (Å²) >= 11 is 6.06. The van der Waals surface area contributed by atoms with E-state index in [0.29, 0.717) is 12.8 Å². The predicted octanol–water partition coefficient (Wildman–Crippen LogP) is 5.18. The van der Waals surface area contributed by atoms with Crippen LogP contribution in [0.1, 0.15) is 75.1 Å². The molecule has 8 heteroatoms. The van der Waals surface area contributed by atoms with Crippen LogP contribution in [-0.4, -0.2) is 41.2 Å². The van der Waals surface area contributed by atoms with Gasteiger partial charge in [-0.05, 0) is 25.3 Å². The Labute approximate surface area is 176 Å².